The van der Waals surface area contributed by atoms with Gasteiger partial charge in [0.1, 0.15) is 11.9 Å². The highest BCUT2D eigenvalue weighted by molar-refractivity contribution is 7.92. The largest absolute Gasteiger partial charge is 0.485 e. The highest BCUT2D eigenvalue weighted by Crippen LogP contribution is 2.40. The summed E-state index contributed by atoms with van der Waals surface area (Å²) in [6.07, 6.45) is -0.556. The van der Waals surface area contributed by atoms with E-state index in [2.05, 4.69) is 5.32 Å². The third kappa shape index (κ3) is 5.87. The van der Waals surface area contributed by atoms with Gasteiger partial charge in [0.05, 0.1) is 39.3 Å². The maximum atomic E-state index is 13.9. The number of piperazine rings is 1. The molecular weight excluding hydrogens is 599 g/mol. The molecule has 5 rings (SSSR count). The van der Waals surface area contributed by atoms with Gasteiger partial charge < -0.3 is 15.0 Å². The molecule has 1 saturated heterocycles. The first-order chi connectivity index (χ1) is 19.0. The molecule has 0 bridgehead atoms. The van der Waals surface area contributed by atoms with Crippen LogP contribution in [0.25, 0.3) is 0 Å². The van der Waals surface area contributed by atoms with E-state index in [9.17, 15) is 18.0 Å². The van der Waals surface area contributed by atoms with E-state index < -0.39 is 22.0 Å². The molecule has 2 aliphatic rings. The van der Waals surface area contributed by atoms with Crippen LogP contribution in [0, 0.1) is 0 Å². The lowest BCUT2D eigenvalue weighted by atomic mass is 10.1. The minimum absolute atomic E-state index is 0.00938. The summed E-state index contributed by atoms with van der Waals surface area (Å²) in [7, 11) is -2.33. The zero-order chi connectivity index (χ0) is 28.6. The van der Waals surface area contributed by atoms with Gasteiger partial charge in [-0.05, 0) is 48.5 Å². The lowest BCUT2D eigenvalue weighted by Crippen LogP contribution is -2.54. The minimum atomic E-state index is -4.08. The summed E-state index contributed by atoms with van der Waals surface area (Å²) in [6.45, 7) is 1.77. The second-order valence-corrected chi connectivity index (χ2v) is 12.6. The van der Waals surface area contributed by atoms with Crippen molar-refractivity contribution in [3.8, 4) is 5.75 Å². The van der Waals surface area contributed by atoms with Crippen molar-refractivity contribution in [3.63, 3.8) is 0 Å². The fraction of sp³-hybridized carbons (Fsp3) is 0.259. The van der Waals surface area contributed by atoms with E-state index in [-0.39, 0.29) is 50.2 Å². The van der Waals surface area contributed by atoms with Crippen LogP contribution >= 0.6 is 34.8 Å². The summed E-state index contributed by atoms with van der Waals surface area (Å²) in [4.78, 5) is 28.8. The van der Waals surface area contributed by atoms with E-state index in [4.69, 9.17) is 39.5 Å². The topological polar surface area (TPSA) is 99.3 Å². The monoisotopic (exact) mass is 622 g/mol. The molecule has 13 heteroatoms. The molecule has 3 aromatic carbocycles. The molecular formula is C27H25Cl3N4O5S. The number of amides is 2. The quantitative estimate of drug-likeness (QED) is 0.430. The molecule has 0 radical (unpaired) electrons. The number of halogens is 3. The maximum Gasteiger partial charge on any atom is 0.264 e. The molecule has 0 saturated carbocycles. The molecule has 2 aliphatic heterocycles. The second-order valence-electron chi connectivity index (χ2n) is 9.52. The van der Waals surface area contributed by atoms with Crippen LogP contribution in [-0.2, 0) is 14.8 Å². The number of likely N-dealkylation sites (N-methyl/N-ethyl adjacent to an activating group) is 1. The van der Waals surface area contributed by atoms with Crippen molar-refractivity contribution in [2.24, 2.45) is 0 Å². The van der Waals surface area contributed by atoms with Gasteiger partial charge in [-0.3, -0.25) is 18.8 Å². The number of carbonyl (C=O) groups excluding carboxylic acids is 2. The molecule has 1 N–H and O–H groups in total. The molecule has 0 unspecified atom stereocenters. The fourth-order valence-corrected chi connectivity index (χ4v) is 7.00. The first kappa shape index (κ1) is 28.5. The van der Waals surface area contributed by atoms with Crippen LogP contribution in [0.15, 0.2) is 65.6 Å². The van der Waals surface area contributed by atoms with E-state index in [0.29, 0.717) is 31.1 Å². The Morgan fingerprint density at radius 3 is 2.45 bits per heavy atom. The molecule has 0 aliphatic carbocycles. The van der Waals surface area contributed by atoms with Crippen LogP contribution in [0.5, 0.6) is 5.75 Å². The van der Waals surface area contributed by atoms with Gasteiger partial charge in [0, 0.05) is 37.4 Å². The van der Waals surface area contributed by atoms with Crippen molar-refractivity contribution < 1.29 is 22.7 Å². The lowest BCUT2D eigenvalue weighted by Gasteiger charge is -2.39. The summed E-state index contributed by atoms with van der Waals surface area (Å²) in [5.74, 6) is -0.241. The van der Waals surface area contributed by atoms with Gasteiger partial charge in [-0.15, -0.1) is 0 Å². The number of carbonyl (C=O) groups is 2. The number of benzene rings is 3. The van der Waals surface area contributed by atoms with Gasteiger partial charge >= 0.3 is 0 Å². The Balaban J connectivity index is 1.48. The smallest absolute Gasteiger partial charge is 0.264 e. The summed E-state index contributed by atoms with van der Waals surface area (Å²) < 4.78 is 35.2. The Kier molecular flexibility index (Phi) is 8.17. The van der Waals surface area contributed by atoms with Crippen molar-refractivity contribution in [2.75, 3.05) is 49.4 Å². The van der Waals surface area contributed by atoms with Gasteiger partial charge in [-0.2, -0.15) is 0 Å². The number of hydrogen-bond donors (Lipinski definition) is 1. The maximum absolute atomic E-state index is 13.9. The number of fused-ring (bicyclic) bond motifs is 1. The number of sulfonamides is 1. The van der Waals surface area contributed by atoms with Gasteiger partial charge in [0.15, 0.2) is 0 Å². The van der Waals surface area contributed by atoms with E-state index >= 15 is 0 Å². The van der Waals surface area contributed by atoms with Crippen LogP contribution < -0.4 is 14.4 Å². The Morgan fingerprint density at radius 2 is 1.75 bits per heavy atom. The number of hydrogen-bond acceptors (Lipinski definition) is 6. The molecule has 40 heavy (non-hydrogen) atoms. The molecule has 2 heterocycles. The molecule has 1 fully saturated rings. The normalized spacial score (nSPS) is 17.8. The number of rotatable bonds is 6. The van der Waals surface area contributed by atoms with Gasteiger partial charge in [-0.1, -0.05) is 46.9 Å². The molecule has 9 nitrogen and oxygen atoms in total. The SMILES string of the molecule is CN1CCN(C[C@H]2CN(S(=O)(=O)c3cccc(Cl)c3)c3cc(NC(=O)c4c(Cl)cccc4Cl)ccc3O2)CC1=O. The summed E-state index contributed by atoms with van der Waals surface area (Å²) in [6, 6.07) is 15.5. The first-order valence-electron chi connectivity index (χ1n) is 12.3. The molecule has 3 aromatic rings. The Morgan fingerprint density at radius 1 is 1.02 bits per heavy atom. The van der Waals surface area contributed by atoms with Crippen molar-refractivity contribution in [1.29, 1.82) is 0 Å². The average molecular weight is 624 g/mol. The lowest BCUT2D eigenvalue weighted by molar-refractivity contribution is -0.134. The van der Waals surface area contributed by atoms with E-state index in [1.165, 1.54) is 22.5 Å². The van der Waals surface area contributed by atoms with Crippen molar-refractivity contribution >= 4 is 68.0 Å². The summed E-state index contributed by atoms with van der Waals surface area (Å²) in [5, 5.41) is 3.38. The summed E-state index contributed by atoms with van der Waals surface area (Å²) in [5.41, 5.74) is 0.663. The van der Waals surface area contributed by atoms with Crippen molar-refractivity contribution in [3.05, 3.63) is 81.3 Å². The molecule has 1 atom stereocenters. The Labute approximate surface area is 247 Å². The zero-order valence-corrected chi connectivity index (χ0v) is 24.4. The molecule has 0 aromatic heterocycles. The second kappa shape index (κ2) is 11.5. The molecule has 210 valence electrons. The number of anilines is 2. The predicted molar refractivity (Wildman–Crippen MR) is 155 cm³/mol. The highest BCUT2D eigenvalue weighted by Gasteiger charge is 2.36. The highest BCUT2D eigenvalue weighted by atomic mass is 35.5. The van der Waals surface area contributed by atoms with Gasteiger partial charge in [0.2, 0.25) is 5.91 Å². The third-order valence-electron chi connectivity index (χ3n) is 6.72. The summed E-state index contributed by atoms with van der Waals surface area (Å²) >= 11 is 18.5. The third-order valence-corrected chi connectivity index (χ3v) is 9.36. The van der Waals surface area contributed by atoms with Crippen LogP contribution in [0.2, 0.25) is 15.1 Å². The fourth-order valence-electron chi connectivity index (χ4n) is 4.63. The predicted octanol–water partition coefficient (Wildman–Crippen LogP) is 4.63. The molecule has 0 spiro atoms. The zero-order valence-electron chi connectivity index (χ0n) is 21.3. The Bertz CT molecular complexity index is 1570. The minimum Gasteiger partial charge on any atom is -0.485 e. The van der Waals surface area contributed by atoms with Crippen LogP contribution in [0.1, 0.15) is 10.4 Å². The van der Waals surface area contributed by atoms with E-state index in [1.807, 2.05) is 4.90 Å². The van der Waals surface area contributed by atoms with Gasteiger partial charge in [0.25, 0.3) is 15.9 Å². The standard InChI is InChI=1S/C27H25Cl3N4O5S/c1-32-10-11-33(16-25(32)35)14-19-15-34(40(37,38)20-5-2-4-17(28)12-20)23-13-18(8-9-24(23)39-19)31-27(36)26-21(29)6-3-7-22(26)30/h2-9,12-13,19H,10-11,14-16H2,1H3,(H,31,36)/t19-/m0/s1. The molecule has 2 amide bonds. The van der Waals surface area contributed by atoms with Crippen molar-refractivity contribution in [1.82, 2.24) is 9.80 Å². The van der Waals surface area contributed by atoms with Gasteiger partial charge in [-0.25, -0.2) is 8.42 Å². The van der Waals surface area contributed by atoms with E-state index in [0.717, 1.165) is 0 Å². The number of nitrogens with zero attached hydrogens (tertiary/aromatic N) is 3. The average Bonchev–Trinajstić information content (AvgIpc) is 2.90. The number of nitrogens with one attached hydrogen (secondary N) is 1. The van der Waals surface area contributed by atoms with Crippen LogP contribution in [0.4, 0.5) is 11.4 Å². The first-order valence-corrected chi connectivity index (χ1v) is 14.9. The van der Waals surface area contributed by atoms with E-state index in [1.54, 1.807) is 54.4 Å². The Hall–Kier alpha value is -3.02. The van der Waals surface area contributed by atoms with Crippen molar-refractivity contribution in [2.45, 2.75) is 11.0 Å². The van der Waals surface area contributed by atoms with Crippen LogP contribution in [0.3, 0.4) is 0 Å². The number of ether oxygens (including phenoxy) is 1. The van der Waals surface area contributed by atoms with Crippen LogP contribution in [-0.4, -0.2) is 75.9 Å².